The Morgan fingerprint density at radius 3 is 2.39 bits per heavy atom. The molecule has 0 bridgehead atoms. The molecule has 2 N–H and O–H groups in total. The average Bonchev–Trinajstić information content (AvgIpc) is 3.35. The average molecular weight is 675 g/mol. The number of rotatable bonds is 7. The lowest BCUT2D eigenvalue weighted by atomic mass is 9.99. The third-order valence-electron chi connectivity index (χ3n) is 6.47. The number of carbonyl (C=O) groups is 2. The fourth-order valence-electron chi connectivity index (χ4n) is 4.61. The zero-order chi connectivity index (χ0) is 29.1. The molecule has 4 aromatic carbocycles. The number of H-pyrrole nitrogens is 1. The fourth-order valence-corrected chi connectivity index (χ4v) is 5.95. The van der Waals surface area contributed by atoms with Crippen molar-refractivity contribution in [2.45, 2.75) is 13.8 Å². The van der Waals surface area contributed by atoms with Crippen molar-refractivity contribution >= 4 is 60.9 Å². The van der Waals surface area contributed by atoms with Crippen molar-refractivity contribution in [3.05, 3.63) is 116 Å². The molecule has 0 radical (unpaired) electrons. The Kier molecular flexibility index (Phi) is 8.37. The van der Waals surface area contributed by atoms with Crippen LogP contribution in [0, 0.1) is 13.8 Å². The Balaban J connectivity index is 1.44. The summed E-state index contributed by atoms with van der Waals surface area (Å²) in [4.78, 5) is 29.6. The van der Waals surface area contributed by atoms with E-state index >= 15 is 0 Å². The van der Waals surface area contributed by atoms with Crippen molar-refractivity contribution in [1.82, 2.24) is 10.4 Å². The van der Waals surface area contributed by atoms with Gasteiger partial charge in [-0.3, -0.25) is 4.79 Å². The SMILES string of the molecule is COc1ccc(C(=O)Oc2c(Br)cc(Br)cc2C=NNC(=O)c2[nH]c3c(C)cc(C)cc3c2-c2ccccc2)cc1. The van der Waals surface area contributed by atoms with E-state index in [0.29, 0.717) is 27.0 Å². The number of halogens is 2. The van der Waals surface area contributed by atoms with Gasteiger partial charge >= 0.3 is 5.97 Å². The van der Waals surface area contributed by atoms with E-state index in [4.69, 9.17) is 9.47 Å². The minimum atomic E-state index is -0.550. The third-order valence-corrected chi connectivity index (χ3v) is 7.51. The Labute approximate surface area is 253 Å². The maximum absolute atomic E-state index is 13.5. The van der Waals surface area contributed by atoms with Gasteiger partial charge in [-0.05, 0) is 83.4 Å². The van der Waals surface area contributed by atoms with Crippen LogP contribution >= 0.6 is 31.9 Å². The standard InChI is InChI=1S/C32H25Br2N3O4/c1-18-13-19(2)28-25(14-18)27(20-7-5-4-6-8-20)29(36-28)31(38)37-35-17-22-15-23(33)16-26(34)30(22)41-32(39)21-9-11-24(40-3)12-10-21/h4-17,36H,1-3H3,(H,37,38). The largest absolute Gasteiger partial charge is 0.497 e. The first-order chi connectivity index (χ1) is 19.7. The highest BCUT2D eigenvalue weighted by molar-refractivity contribution is 9.11. The van der Waals surface area contributed by atoms with Crippen molar-refractivity contribution in [2.24, 2.45) is 5.10 Å². The number of nitrogens with one attached hydrogen (secondary N) is 2. The number of aryl methyl sites for hydroxylation is 2. The minimum absolute atomic E-state index is 0.258. The summed E-state index contributed by atoms with van der Waals surface area (Å²) in [6.07, 6.45) is 1.43. The highest BCUT2D eigenvalue weighted by Gasteiger charge is 2.21. The highest BCUT2D eigenvalue weighted by atomic mass is 79.9. The predicted octanol–water partition coefficient (Wildman–Crippen LogP) is 7.97. The summed E-state index contributed by atoms with van der Waals surface area (Å²) in [5, 5.41) is 5.18. The summed E-state index contributed by atoms with van der Waals surface area (Å²) in [5.74, 6) is -0.0656. The van der Waals surface area contributed by atoms with Crippen LogP contribution in [0.1, 0.15) is 37.5 Å². The molecule has 1 heterocycles. The van der Waals surface area contributed by atoms with Crippen LogP contribution in [-0.2, 0) is 0 Å². The Hall–Kier alpha value is -4.21. The van der Waals surface area contributed by atoms with Crippen molar-refractivity contribution in [1.29, 1.82) is 0 Å². The fraction of sp³-hybridized carbons (Fsp3) is 0.0938. The minimum Gasteiger partial charge on any atom is -0.497 e. The van der Waals surface area contributed by atoms with Crippen molar-refractivity contribution in [2.75, 3.05) is 7.11 Å². The van der Waals surface area contributed by atoms with Crippen molar-refractivity contribution in [3.63, 3.8) is 0 Å². The Bertz CT molecular complexity index is 1800. The van der Waals surface area contributed by atoms with Gasteiger partial charge < -0.3 is 14.5 Å². The number of nitrogens with zero attached hydrogens (tertiary/aromatic N) is 1. The number of methoxy groups -OCH3 is 1. The molecule has 1 amide bonds. The molecule has 9 heteroatoms. The molecule has 5 aromatic rings. The number of benzene rings is 4. The van der Waals surface area contributed by atoms with Crippen LogP contribution in [0.3, 0.4) is 0 Å². The normalized spacial score (nSPS) is 11.1. The van der Waals surface area contributed by atoms with E-state index in [2.05, 4.69) is 59.5 Å². The summed E-state index contributed by atoms with van der Waals surface area (Å²) in [5.41, 5.74) is 8.63. The summed E-state index contributed by atoms with van der Waals surface area (Å²) >= 11 is 6.93. The van der Waals surface area contributed by atoms with Crippen molar-refractivity contribution < 1.29 is 19.1 Å². The first-order valence-electron chi connectivity index (χ1n) is 12.6. The van der Waals surface area contributed by atoms with Gasteiger partial charge in [0.15, 0.2) is 5.75 Å². The summed E-state index contributed by atoms with van der Waals surface area (Å²) in [6, 6.07) is 24.0. The molecule has 41 heavy (non-hydrogen) atoms. The van der Waals surface area contributed by atoms with Gasteiger partial charge in [-0.15, -0.1) is 0 Å². The number of esters is 1. The molecule has 5 rings (SSSR count). The van der Waals surface area contributed by atoms with E-state index in [1.165, 1.54) is 6.21 Å². The van der Waals surface area contributed by atoms with Crippen LogP contribution in [0.5, 0.6) is 11.5 Å². The van der Waals surface area contributed by atoms with Gasteiger partial charge in [-0.2, -0.15) is 5.10 Å². The first-order valence-corrected chi connectivity index (χ1v) is 14.2. The molecule has 0 aliphatic carbocycles. The van der Waals surface area contributed by atoms with Crippen LogP contribution in [0.2, 0.25) is 0 Å². The van der Waals surface area contributed by atoms with Crippen LogP contribution in [0.25, 0.3) is 22.0 Å². The number of ether oxygens (including phenoxy) is 2. The first kappa shape index (κ1) is 28.3. The monoisotopic (exact) mass is 673 g/mol. The van der Waals surface area contributed by atoms with E-state index in [1.54, 1.807) is 43.5 Å². The van der Waals surface area contributed by atoms with Gasteiger partial charge in [-0.25, -0.2) is 10.2 Å². The van der Waals surface area contributed by atoms with Crippen LogP contribution in [0.4, 0.5) is 0 Å². The molecule has 0 atom stereocenters. The molecule has 0 saturated heterocycles. The number of hydrazone groups is 1. The number of fused-ring (bicyclic) bond motifs is 1. The van der Waals surface area contributed by atoms with Gasteiger partial charge in [0.05, 0.1) is 23.4 Å². The molecular formula is C32H25Br2N3O4. The van der Waals surface area contributed by atoms with Crippen LogP contribution in [-0.4, -0.2) is 30.2 Å². The molecule has 7 nitrogen and oxygen atoms in total. The van der Waals surface area contributed by atoms with Crippen molar-refractivity contribution in [3.8, 4) is 22.6 Å². The number of carbonyl (C=O) groups excluding carboxylic acids is 2. The Morgan fingerprint density at radius 1 is 0.951 bits per heavy atom. The maximum Gasteiger partial charge on any atom is 0.343 e. The topological polar surface area (TPSA) is 92.8 Å². The van der Waals surface area contributed by atoms with E-state index in [-0.39, 0.29) is 5.75 Å². The lowest BCUT2D eigenvalue weighted by Crippen LogP contribution is -2.19. The molecule has 0 aliphatic heterocycles. The second-order valence-corrected chi connectivity index (χ2v) is 11.1. The third kappa shape index (κ3) is 6.11. The number of hydrogen-bond donors (Lipinski definition) is 2. The molecule has 206 valence electrons. The Morgan fingerprint density at radius 2 is 1.68 bits per heavy atom. The zero-order valence-corrected chi connectivity index (χ0v) is 25.6. The summed E-state index contributed by atoms with van der Waals surface area (Å²) in [7, 11) is 1.55. The smallest absolute Gasteiger partial charge is 0.343 e. The maximum atomic E-state index is 13.5. The summed E-state index contributed by atoms with van der Waals surface area (Å²) in [6.45, 7) is 4.05. The lowest BCUT2D eigenvalue weighted by molar-refractivity contribution is 0.0732. The number of hydrogen-bond acceptors (Lipinski definition) is 5. The second-order valence-electron chi connectivity index (χ2n) is 9.37. The van der Waals surface area contributed by atoms with Gasteiger partial charge in [0, 0.05) is 26.5 Å². The predicted molar refractivity (Wildman–Crippen MR) is 168 cm³/mol. The molecule has 0 unspecified atom stereocenters. The molecule has 0 spiro atoms. The highest BCUT2D eigenvalue weighted by Crippen LogP contribution is 2.35. The molecule has 1 aromatic heterocycles. The van der Waals surface area contributed by atoms with E-state index in [0.717, 1.165) is 37.6 Å². The van der Waals surface area contributed by atoms with Gasteiger partial charge in [0.1, 0.15) is 11.4 Å². The van der Waals surface area contributed by atoms with E-state index in [1.807, 2.05) is 44.2 Å². The second kappa shape index (κ2) is 12.1. The number of aromatic amines is 1. The molecule has 0 saturated carbocycles. The molecule has 0 aliphatic rings. The molecule has 0 fully saturated rings. The number of aromatic nitrogens is 1. The van der Waals surface area contributed by atoms with Crippen LogP contribution in [0.15, 0.2) is 92.9 Å². The van der Waals surface area contributed by atoms with E-state index in [9.17, 15) is 9.59 Å². The van der Waals surface area contributed by atoms with Gasteiger partial charge in [0.25, 0.3) is 5.91 Å². The number of amides is 1. The van der Waals surface area contributed by atoms with Gasteiger partial charge in [0.2, 0.25) is 0 Å². The zero-order valence-electron chi connectivity index (χ0n) is 22.4. The van der Waals surface area contributed by atoms with Gasteiger partial charge in [-0.1, -0.05) is 57.9 Å². The molecular weight excluding hydrogens is 650 g/mol. The van der Waals surface area contributed by atoms with E-state index < -0.39 is 11.9 Å². The van der Waals surface area contributed by atoms with Crippen LogP contribution < -0.4 is 14.9 Å². The quantitative estimate of drug-likeness (QED) is 0.0793. The lowest BCUT2D eigenvalue weighted by Gasteiger charge is -2.11. The summed E-state index contributed by atoms with van der Waals surface area (Å²) < 4.78 is 12.1.